The molecular weight excluding hydrogens is 264 g/mol. The Bertz CT molecular complexity index is 579. The highest BCUT2D eigenvalue weighted by molar-refractivity contribution is 5.93. The third kappa shape index (κ3) is 4.16. The molecule has 1 unspecified atom stereocenters. The van der Waals surface area contributed by atoms with Gasteiger partial charge in [0.1, 0.15) is 0 Å². The highest BCUT2D eigenvalue weighted by atomic mass is 16.2. The number of carbonyl (C=O) groups excluding carboxylic acids is 1. The summed E-state index contributed by atoms with van der Waals surface area (Å²) in [4.78, 5) is 13.9. The van der Waals surface area contributed by atoms with Crippen molar-refractivity contribution in [2.75, 3.05) is 11.9 Å². The number of nitrogens with one attached hydrogen (secondary N) is 1. The van der Waals surface area contributed by atoms with Crippen molar-refractivity contribution in [2.45, 2.75) is 25.9 Å². The molecule has 0 fully saturated rings. The van der Waals surface area contributed by atoms with Gasteiger partial charge >= 0.3 is 0 Å². The van der Waals surface area contributed by atoms with Gasteiger partial charge in [-0.05, 0) is 25.1 Å². The molecule has 1 aromatic heterocycles. The lowest BCUT2D eigenvalue weighted by molar-refractivity contribution is -0.118. The molecule has 21 heavy (non-hydrogen) atoms. The Labute approximate surface area is 125 Å². The Kier molecular flexibility index (Phi) is 5.11. The van der Waals surface area contributed by atoms with Crippen LogP contribution in [0.1, 0.15) is 19.0 Å². The maximum Gasteiger partial charge on any atom is 0.228 e. The van der Waals surface area contributed by atoms with Gasteiger partial charge in [0.2, 0.25) is 5.91 Å². The lowest BCUT2D eigenvalue weighted by Gasteiger charge is -2.20. The topological polar surface area (TPSA) is 50.2 Å². The molecule has 1 amide bonds. The van der Waals surface area contributed by atoms with E-state index in [1.807, 2.05) is 62.1 Å². The molecule has 1 atom stereocenters. The van der Waals surface area contributed by atoms with Gasteiger partial charge in [-0.3, -0.25) is 9.48 Å². The number of anilines is 1. The molecule has 1 aromatic carbocycles. The van der Waals surface area contributed by atoms with Crippen LogP contribution in [0.4, 0.5) is 5.69 Å². The van der Waals surface area contributed by atoms with Crippen molar-refractivity contribution in [3.63, 3.8) is 0 Å². The number of benzene rings is 1. The van der Waals surface area contributed by atoms with Crippen molar-refractivity contribution in [1.82, 2.24) is 15.1 Å². The number of para-hydroxylation sites is 1. The van der Waals surface area contributed by atoms with Crippen molar-refractivity contribution >= 4 is 11.6 Å². The molecule has 0 saturated carbocycles. The summed E-state index contributed by atoms with van der Waals surface area (Å²) >= 11 is 0. The summed E-state index contributed by atoms with van der Waals surface area (Å²) in [5, 5.41) is 7.48. The molecule has 2 rings (SSSR count). The first-order chi connectivity index (χ1) is 10.1. The molecule has 1 heterocycles. The Morgan fingerprint density at radius 3 is 2.67 bits per heavy atom. The molecule has 0 radical (unpaired) electrons. The zero-order chi connectivity index (χ0) is 15.2. The third-order valence-electron chi connectivity index (χ3n) is 3.55. The van der Waals surface area contributed by atoms with E-state index < -0.39 is 0 Å². The van der Waals surface area contributed by atoms with E-state index in [-0.39, 0.29) is 11.9 Å². The smallest absolute Gasteiger partial charge is 0.228 e. The second-order valence-electron chi connectivity index (χ2n) is 5.22. The fourth-order valence-electron chi connectivity index (χ4n) is 2.12. The van der Waals surface area contributed by atoms with Gasteiger partial charge in [0.15, 0.2) is 0 Å². The summed E-state index contributed by atoms with van der Waals surface area (Å²) in [6, 6.07) is 11.8. The van der Waals surface area contributed by atoms with Crippen LogP contribution in [0.25, 0.3) is 0 Å². The minimum absolute atomic E-state index is 0.103. The van der Waals surface area contributed by atoms with Crippen LogP contribution in [-0.2, 0) is 18.4 Å². The van der Waals surface area contributed by atoms with E-state index in [0.29, 0.717) is 13.0 Å². The average Bonchev–Trinajstić information content (AvgIpc) is 2.90. The quantitative estimate of drug-likeness (QED) is 0.883. The van der Waals surface area contributed by atoms with E-state index >= 15 is 0 Å². The normalized spacial score (nSPS) is 12.1. The summed E-state index contributed by atoms with van der Waals surface area (Å²) < 4.78 is 1.83. The van der Waals surface area contributed by atoms with E-state index in [1.165, 1.54) is 0 Å². The van der Waals surface area contributed by atoms with E-state index in [9.17, 15) is 4.79 Å². The predicted octanol–water partition coefficient (Wildman–Crippen LogP) is 1.95. The van der Waals surface area contributed by atoms with Crippen LogP contribution >= 0.6 is 0 Å². The van der Waals surface area contributed by atoms with Crippen LogP contribution in [0.5, 0.6) is 0 Å². The highest BCUT2D eigenvalue weighted by Crippen LogP contribution is 2.12. The molecule has 0 saturated heterocycles. The molecule has 0 aliphatic rings. The average molecular weight is 286 g/mol. The van der Waals surface area contributed by atoms with Gasteiger partial charge in [-0.1, -0.05) is 18.2 Å². The molecule has 0 spiro atoms. The highest BCUT2D eigenvalue weighted by Gasteiger charge is 2.14. The molecule has 112 valence electrons. The zero-order valence-electron chi connectivity index (χ0n) is 12.8. The first kappa shape index (κ1) is 15.3. The van der Waals surface area contributed by atoms with Crippen molar-refractivity contribution in [2.24, 2.45) is 7.05 Å². The van der Waals surface area contributed by atoms with Gasteiger partial charge in [0, 0.05) is 45.0 Å². The second kappa shape index (κ2) is 7.04. The summed E-state index contributed by atoms with van der Waals surface area (Å²) in [6.45, 7) is 2.73. The van der Waals surface area contributed by atoms with Crippen LogP contribution in [0.15, 0.2) is 42.6 Å². The first-order valence-corrected chi connectivity index (χ1v) is 7.10. The Morgan fingerprint density at radius 1 is 1.33 bits per heavy atom. The number of carbonyl (C=O) groups is 1. The molecule has 2 aromatic rings. The number of hydrogen-bond acceptors (Lipinski definition) is 3. The number of hydrogen-bond donors (Lipinski definition) is 1. The van der Waals surface area contributed by atoms with Crippen LogP contribution in [0.3, 0.4) is 0 Å². The van der Waals surface area contributed by atoms with Crippen LogP contribution in [-0.4, -0.2) is 28.8 Å². The summed E-state index contributed by atoms with van der Waals surface area (Å²) in [6.07, 6.45) is 2.24. The second-order valence-corrected chi connectivity index (χ2v) is 5.22. The minimum Gasteiger partial charge on any atom is -0.315 e. The summed E-state index contributed by atoms with van der Waals surface area (Å²) in [5.41, 5.74) is 2.02. The monoisotopic (exact) mass is 286 g/mol. The number of aromatic nitrogens is 2. The fraction of sp³-hybridized carbons (Fsp3) is 0.375. The van der Waals surface area contributed by atoms with Crippen LogP contribution < -0.4 is 10.2 Å². The summed E-state index contributed by atoms with van der Waals surface area (Å²) in [7, 11) is 3.72. The van der Waals surface area contributed by atoms with E-state index in [2.05, 4.69) is 10.4 Å². The first-order valence-electron chi connectivity index (χ1n) is 7.10. The van der Waals surface area contributed by atoms with Crippen molar-refractivity contribution in [3.05, 3.63) is 48.3 Å². The number of aryl methyl sites for hydroxylation is 1. The van der Waals surface area contributed by atoms with Gasteiger partial charge in [-0.25, -0.2) is 0 Å². The van der Waals surface area contributed by atoms with Crippen molar-refractivity contribution in [1.29, 1.82) is 0 Å². The Morgan fingerprint density at radius 2 is 2.05 bits per heavy atom. The molecule has 5 heteroatoms. The Balaban J connectivity index is 1.83. The molecule has 0 bridgehead atoms. The molecule has 1 N–H and O–H groups in total. The fourth-order valence-corrected chi connectivity index (χ4v) is 2.12. The van der Waals surface area contributed by atoms with Crippen LogP contribution in [0, 0.1) is 0 Å². The van der Waals surface area contributed by atoms with Gasteiger partial charge in [-0.15, -0.1) is 0 Å². The summed E-state index contributed by atoms with van der Waals surface area (Å²) in [5.74, 6) is 0.103. The number of amides is 1. The zero-order valence-corrected chi connectivity index (χ0v) is 12.8. The van der Waals surface area contributed by atoms with Gasteiger partial charge in [0.05, 0.1) is 5.69 Å². The third-order valence-corrected chi connectivity index (χ3v) is 3.55. The molecule has 5 nitrogen and oxygen atoms in total. The van der Waals surface area contributed by atoms with E-state index in [4.69, 9.17) is 0 Å². The number of nitrogens with zero attached hydrogens (tertiary/aromatic N) is 3. The maximum atomic E-state index is 12.3. The molecule has 0 aliphatic heterocycles. The predicted molar refractivity (Wildman–Crippen MR) is 84.0 cm³/mol. The van der Waals surface area contributed by atoms with Gasteiger partial charge < -0.3 is 10.2 Å². The molecular formula is C16H22N4O. The van der Waals surface area contributed by atoms with E-state index in [0.717, 1.165) is 11.4 Å². The lowest BCUT2D eigenvalue weighted by atomic mass is 10.2. The van der Waals surface area contributed by atoms with Crippen molar-refractivity contribution in [3.8, 4) is 0 Å². The van der Waals surface area contributed by atoms with Crippen LogP contribution in [0.2, 0.25) is 0 Å². The van der Waals surface area contributed by atoms with Gasteiger partial charge in [0.25, 0.3) is 0 Å². The molecule has 0 aliphatic carbocycles. The minimum atomic E-state index is 0.103. The standard InChI is InChI=1S/C16H22N4O/c1-13(17-12-15-9-10-18-20(15)3)11-16(21)19(2)14-7-5-4-6-8-14/h4-10,13,17H,11-12H2,1-3H3. The maximum absolute atomic E-state index is 12.3. The van der Waals surface area contributed by atoms with E-state index in [1.54, 1.807) is 11.1 Å². The van der Waals surface area contributed by atoms with Gasteiger partial charge in [-0.2, -0.15) is 5.10 Å². The Hall–Kier alpha value is -2.14. The largest absolute Gasteiger partial charge is 0.315 e. The van der Waals surface area contributed by atoms with Crippen molar-refractivity contribution < 1.29 is 4.79 Å². The number of rotatable bonds is 6. The SMILES string of the molecule is CC(CC(=O)N(C)c1ccccc1)NCc1ccnn1C. The lowest BCUT2D eigenvalue weighted by Crippen LogP contribution is -2.35.